The first-order valence-corrected chi connectivity index (χ1v) is 26.9. The van der Waals surface area contributed by atoms with E-state index in [9.17, 15) is 63.6 Å². The zero-order chi connectivity index (χ0) is 58.3. The number of phenols is 1. The van der Waals surface area contributed by atoms with Crippen LogP contribution in [0, 0.1) is 17.8 Å². The summed E-state index contributed by atoms with van der Waals surface area (Å²) in [7, 11) is 0. The number of aliphatic carboxylic acids is 1. The molecule has 3 aromatic rings. The van der Waals surface area contributed by atoms with Crippen molar-refractivity contribution in [3.05, 3.63) is 65.9 Å². The van der Waals surface area contributed by atoms with Gasteiger partial charge in [-0.15, -0.1) is 0 Å². The normalized spacial score (nSPS) is 16.1. The molecule has 24 nitrogen and oxygen atoms in total. The number of likely N-dealkylation sites (tertiary alicyclic amines) is 1. The summed E-state index contributed by atoms with van der Waals surface area (Å²) < 4.78 is 10.9. The number of amides is 8. The zero-order valence-corrected chi connectivity index (χ0v) is 46.2. The first-order chi connectivity index (χ1) is 37.5. The number of phenolic OH excluding ortho intramolecular Hbond substituents is 1. The Labute approximate surface area is 460 Å². The highest BCUT2D eigenvalue weighted by atomic mass is 16.5. The number of carbonyl (C=O) groups is 9. The molecule has 12 N–H and O–H groups in total. The molecule has 24 heteroatoms. The molecule has 8 atom stereocenters. The van der Waals surface area contributed by atoms with Crippen LogP contribution in [0.1, 0.15) is 91.7 Å². The number of H-pyrrole nitrogens is 1. The van der Waals surface area contributed by atoms with Gasteiger partial charge in [0, 0.05) is 49.5 Å². The number of carboxylic acid groups (broad SMARTS) is 1. The van der Waals surface area contributed by atoms with Gasteiger partial charge in [0.2, 0.25) is 47.3 Å². The van der Waals surface area contributed by atoms with Crippen LogP contribution in [0.4, 0.5) is 0 Å². The fourth-order valence-electron chi connectivity index (χ4n) is 8.82. The van der Waals surface area contributed by atoms with Gasteiger partial charge in [0.15, 0.2) is 0 Å². The number of carboxylic acids is 1. The number of aliphatic hydroxyl groups excluding tert-OH is 2. The van der Waals surface area contributed by atoms with Crippen molar-refractivity contribution in [2.45, 2.75) is 142 Å². The highest BCUT2D eigenvalue weighted by Gasteiger charge is 2.41. The minimum Gasteiger partial charge on any atom is -0.508 e. The van der Waals surface area contributed by atoms with E-state index in [1.807, 2.05) is 45.9 Å². The Morgan fingerprint density at radius 2 is 1.34 bits per heavy atom. The molecule has 1 fully saturated rings. The Bertz CT molecular complexity index is 2520. The molecule has 1 saturated heterocycles. The Morgan fingerprint density at radius 3 is 1.99 bits per heavy atom. The second-order valence-corrected chi connectivity index (χ2v) is 21.0. The van der Waals surface area contributed by atoms with Crippen LogP contribution in [0.25, 0.3) is 10.9 Å². The highest BCUT2D eigenvalue weighted by Crippen LogP contribution is 2.22. The molecule has 0 spiro atoms. The van der Waals surface area contributed by atoms with Gasteiger partial charge in [0.1, 0.15) is 54.6 Å². The zero-order valence-electron chi connectivity index (χ0n) is 46.2. The van der Waals surface area contributed by atoms with Gasteiger partial charge in [0.25, 0.3) is 0 Å². The van der Waals surface area contributed by atoms with Gasteiger partial charge in [-0.2, -0.15) is 0 Å². The van der Waals surface area contributed by atoms with E-state index in [4.69, 9.17) is 9.47 Å². The van der Waals surface area contributed by atoms with Crippen molar-refractivity contribution in [2.75, 3.05) is 46.1 Å². The lowest BCUT2D eigenvalue weighted by atomic mass is 10.0. The van der Waals surface area contributed by atoms with Crippen molar-refractivity contribution >= 4 is 64.1 Å². The van der Waals surface area contributed by atoms with Crippen molar-refractivity contribution in [1.82, 2.24) is 47.1 Å². The monoisotopic (exact) mass is 1110 g/mol. The molecule has 4 rings (SSSR count). The van der Waals surface area contributed by atoms with Crippen LogP contribution in [0.15, 0.2) is 54.7 Å². The lowest BCUT2D eigenvalue weighted by molar-refractivity contribution is -0.144. The molecule has 2 heterocycles. The maximum Gasteiger partial charge on any atom is 0.326 e. The summed E-state index contributed by atoms with van der Waals surface area (Å²) in [4.78, 5) is 125. The Kier molecular flexibility index (Phi) is 26.1. The van der Waals surface area contributed by atoms with Crippen LogP contribution >= 0.6 is 0 Å². The molecular formula is C55H81N9O15. The van der Waals surface area contributed by atoms with Crippen LogP contribution in [-0.2, 0) is 65.5 Å². The summed E-state index contributed by atoms with van der Waals surface area (Å²) in [6.45, 7) is 11.6. The molecule has 8 amide bonds. The SMILES string of the molecule is CC(C)CCC(=O)NCCOCCOCC(=O)N[C@@H](CC(C)C)C(=O)N[C@H](C(=O)N[C@H](C(=O)N[C@@H](CO)C(=O)N1CCC[C@H]1C(=O)NC(Cc1c[nH]c2ccccc12)C(=O)N[C@@H](Cc1ccc(O)cc1)C(=O)O)C(C)C)C(C)O. The van der Waals surface area contributed by atoms with Crippen LogP contribution < -0.4 is 37.2 Å². The largest absolute Gasteiger partial charge is 0.508 e. The topological polar surface area (TPSA) is 356 Å². The fourth-order valence-corrected chi connectivity index (χ4v) is 8.82. The minimum absolute atomic E-state index is 0.0263. The third-order valence-electron chi connectivity index (χ3n) is 13.1. The van der Waals surface area contributed by atoms with Crippen molar-refractivity contribution in [1.29, 1.82) is 0 Å². The number of fused-ring (bicyclic) bond motifs is 1. The first-order valence-electron chi connectivity index (χ1n) is 26.9. The van der Waals surface area contributed by atoms with Gasteiger partial charge in [-0.1, -0.05) is 71.9 Å². The predicted molar refractivity (Wildman–Crippen MR) is 290 cm³/mol. The fraction of sp³-hybridized carbons (Fsp3) is 0.582. The van der Waals surface area contributed by atoms with Crippen molar-refractivity contribution in [2.24, 2.45) is 17.8 Å². The number of rotatable bonds is 33. The van der Waals surface area contributed by atoms with Crippen molar-refractivity contribution in [3.8, 4) is 5.75 Å². The second-order valence-electron chi connectivity index (χ2n) is 21.0. The number of aromatic hydroxyl groups is 1. The van der Waals surface area contributed by atoms with Crippen LogP contribution in [0.5, 0.6) is 5.75 Å². The molecule has 1 aliphatic heterocycles. The quantitative estimate of drug-likeness (QED) is 0.0365. The molecule has 0 saturated carbocycles. The number of nitrogens with zero attached hydrogens (tertiary/aromatic N) is 1. The molecule has 79 heavy (non-hydrogen) atoms. The van der Waals surface area contributed by atoms with Crippen LogP contribution in [-0.4, -0.2) is 178 Å². The highest BCUT2D eigenvalue weighted by molar-refractivity contribution is 5.98. The Morgan fingerprint density at radius 1 is 0.696 bits per heavy atom. The summed E-state index contributed by atoms with van der Waals surface area (Å²) in [5.41, 5.74) is 1.89. The van der Waals surface area contributed by atoms with E-state index in [0.717, 1.165) is 22.2 Å². The maximum absolute atomic E-state index is 14.2. The third kappa shape index (κ3) is 20.9. The third-order valence-corrected chi connectivity index (χ3v) is 13.1. The van der Waals surface area contributed by atoms with Gasteiger partial charge >= 0.3 is 5.97 Å². The molecule has 1 aliphatic rings. The molecule has 0 radical (unpaired) electrons. The number of benzene rings is 2. The van der Waals surface area contributed by atoms with E-state index in [1.165, 1.54) is 31.2 Å². The number of aliphatic hydroxyl groups is 2. The van der Waals surface area contributed by atoms with Gasteiger partial charge in [-0.25, -0.2) is 4.79 Å². The number of hydrogen-bond acceptors (Lipinski definition) is 14. The average Bonchev–Trinajstić information content (AvgIpc) is 4.06. The average molecular weight is 1110 g/mol. The molecule has 436 valence electrons. The predicted octanol–water partition coefficient (Wildman–Crippen LogP) is 0.304. The molecule has 2 aromatic carbocycles. The van der Waals surface area contributed by atoms with Crippen molar-refractivity contribution in [3.63, 3.8) is 0 Å². The smallest absolute Gasteiger partial charge is 0.326 e. The maximum atomic E-state index is 14.2. The number of hydrogen-bond donors (Lipinski definition) is 12. The number of aromatic amines is 1. The molecule has 1 aromatic heterocycles. The van der Waals surface area contributed by atoms with E-state index in [2.05, 4.69) is 42.2 Å². The Balaban J connectivity index is 1.38. The van der Waals surface area contributed by atoms with E-state index >= 15 is 0 Å². The second kappa shape index (κ2) is 32.1. The summed E-state index contributed by atoms with van der Waals surface area (Å²) in [5, 5.41) is 59.9. The molecule has 2 unspecified atom stereocenters. The summed E-state index contributed by atoms with van der Waals surface area (Å²) in [6, 6.07) is 3.28. The molecular weight excluding hydrogens is 1030 g/mol. The summed E-state index contributed by atoms with van der Waals surface area (Å²) in [5.74, 6) is -7.55. The van der Waals surface area contributed by atoms with Crippen LogP contribution in [0.2, 0.25) is 0 Å². The standard InChI is InChI=1S/C55H81N9O15/c1-31(2)14-19-45(68)56-20-22-78-23-24-79-30-46(69)58-40(25-32(3)4)50(71)63-48(34(7)66)53(74)62-47(33(5)6)52(73)61-43(29-65)54(75)64-21-10-13-44(64)51(72)59-41(27-36-28-57-39-12-9-8-11-38(36)39)49(70)60-42(55(76)77)26-35-15-17-37(67)18-16-35/h8-9,11-12,15-18,28,31-34,40-44,47-48,57,65-67H,10,13-14,19-27,29-30H2,1-7H3,(H,56,68)(H,58,69)(H,59,72)(H,60,70)(H,61,73)(H,62,74)(H,63,71)(H,76,77)/t34?,40-,41?,42-,43-,44-,47-,48-/m0/s1. The van der Waals surface area contributed by atoms with Crippen molar-refractivity contribution < 1.29 is 73.1 Å². The van der Waals surface area contributed by atoms with Gasteiger partial charge in [0.05, 0.1) is 32.5 Å². The van der Waals surface area contributed by atoms with Gasteiger partial charge in [-0.3, -0.25) is 38.4 Å². The van der Waals surface area contributed by atoms with E-state index in [-0.39, 0.29) is 69.6 Å². The Hall–Kier alpha value is -7.15. The number of para-hydroxylation sites is 1. The lowest BCUT2D eigenvalue weighted by Gasteiger charge is -2.31. The van der Waals surface area contributed by atoms with Crippen LogP contribution in [0.3, 0.4) is 0 Å². The van der Waals surface area contributed by atoms with Gasteiger partial charge in [-0.05, 0) is 79.7 Å². The lowest BCUT2D eigenvalue weighted by Crippen LogP contribution is -2.62. The number of nitrogens with one attached hydrogen (secondary N) is 8. The number of aromatic nitrogens is 1. The molecule has 0 bridgehead atoms. The minimum atomic E-state index is -1.63. The van der Waals surface area contributed by atoms with E-state index < -0.39 is 115 Å². The summed E-state index contributed by atoms with van der Waals surface area (Å²) in [6.07, 6.45) is 1.74. The number of carbonyl (C=O) groups excluding carboxylic acids is 8. The van der Waals surface area contributed by atoms with E-state index in [1.54, 1.807) is 26.1 Å². The number of ether oxygens (including phenoxy) is 2. The first kappa shape index (κ1) is 64.4. The van der Waals surface area contributed by atoms with E-state index in [0.29, 0.717) is 36.4 Å². The molecule has 0 aliphatic carbocycles. The van der Waals surface area contributed by atoms with Gasteiger partial charge < -0.3 is 77.0 Å². The summed E-state index contributed by atoms with van der Waals surface area (Å²) >= 11 is 0.